The average Bonchev–Trinajstić information content (AvgIpc) is 3.18. The molecular formula is C23H30N4O2. The van der Waals surface area contributed by atoms with Crippen molar-refractivity contribution in [1.29, 1.82) is 0 Å². The zero-order chi connectivity index (χ0) is 20.5. The van der Waals surface area contributed by atoms with Crippen LogP contribution in [0.1, 0.15) is 52.3 Å². The van der Waals surface area contributed by atoms with Gasteiger partial charge in [0, 0.05) is 50.6 Å². The number of pyridine rings is 2. The second-order valence-corrected chi connectivity index (χ2v) is 8.43. The Morgan fingerprint density at radius 3 is 2.90 bits per heavy atom. The number of hydrogen-bond acceptors (Lipinski definition) is 5. The summed E-state index contributed by atoms with van der Waals surface area (Å²) >= 11 is 0. The Balaban J connectivity index is 1.44. The first-order chi connectivity index (χ1) is 13.9. The van der Waals surface area contributed by atoms with Gasteiger partial charge in [0.1, 0.15) is 0 Å². The van der Waals surface area contributed by atoms with Gasteiger partial charge in [-0.25, -0.2) is 4.98 Å². The Hall–Kier alpha value is -2.47. The number of nitrogens with zero attached hydrogens (tertiary/aromatic N) is 4. The fraction of sp³-hybridized carbons (Fsp3) is 0.522. The number of methoxy groups -OCH3 is 1. The highest BCUT2D eigenvalue weighted by atomic mass is 16.5. The number of likely N-dealkylation sites (tertiary alicyclic amines) is 1. The van der Waals surface area contributed by atoms with Gasteiger partial charge in [-0.3, -0.25) is 14.7 Å². The maximum Gasteiger partial charge on any atom is 0.255 e. The van der Waals surface area contributed by atoms with Crippen molar-refractivity contribution in [1.82, 2.24) is 19.8 Å². The lowest BCUT2D eigenvalue weighted by atomic mass is 9.98. The average molecular weight is 395 g/mol. The van der Waals surface area contributed by atoms with Gasteiger partial charge in [0.15, 0.2) is 0 Å². The number of likely N-dealkylation sites (N-methyl/N-ethyl adjacent to an activating group) is 1. The maximum absolute atomic E-state index is 12.5. The van der Waals surface area contributed by atoms with E-state index in [1.165, 1.54) is 12.0 Å². The summed E-state index contributed by atoms with van der Waals surface area (Å²) in [5, 5.41) is 0. The largest absolute Gasteiger partial charge is 0.481 e. The van der Waals surface area contributed by atoms with Crippen LogP contribution in [0.2, 0.25) is 0 Å². The molecule has 4 heterocycles. The lowest BCUT2D eigenvalue weighted by molar-refractivity contribution is 0.0778. The topological polar surface area (TPSA) is 58.6 Å². The van der Waals surface area contributed by atoms with Crippen LogP contribution in [0.4, 0.5) is 0 Å². The van der Waals surface area contributed by atoms with Crippen molar-refractivity contribution >= 4 is 5.91 Å². The van der Waals surface area contributed by atoms with Crippen molar-refractivity contribution < 1.29 is 9.53 Å². The van der Waals surface area contributed by atoms with E-state index in [2.05, 4.69) is 40.0 Å². The first-order valence-electron chi connectivity index (χ1n) is 10.4. The molecule has 2 atom stereocenters. The molecule has 0 spiro atoms. The van der Waals surface area contributed by atoms with Crippen LogP contribution in [0, 0.1) is 12.8 Å². The molecule has 2 aliphatic rings. The fourth-order valence-electron chi connectivity index (χ4n) is 4.56. The number of rotatable bonds is 5. The number of aryl methyl sites for hydroxylation is 1. The van der Waals surface area contributed by atoms with Gasteiger partial charge in [0.25, 0.3) is 5.91 Å². The SMILES string of the molecule is COc1cc(C[C@H]2CCN(C(C)c3cnc4c(c3)C(=O)N(C)CC4)C2)cc(C)n1. The highest BCUT2D eigenvalue weighted by molar-refractivity contribution is 5.96. The molecule has 0 aliphatic carbocycles. The van der Waals surface area contributed by atoms with Gasteiger partial charge in [-0.05, 0) is 62.4 Å². The Bertz CT molecular complexity index is 914. The molecule has 1 unspecified atom stereocenters. The molecule has 0 radical (unpaired) electrons. The molecule has 0 saturated carbocycles. The first kappa shape index (κ1) is 19.8. The summed E-state index contributed by atoms with van der Waals surface area (Å²) in [4.78, 5) is 25.8. The summed E-state index contributed by atoms with van der Waals surface area (Å²) in [7, 11) is 3.53. The van der Waals surface area contributed by atoms with Gasteiger partial charge < -0.3 is 9.64 Å². The number of amides is 1. The standard InChI is InChI=1S/C23H30N4O2/c1-15-9-18(11-22(25-15)29-4)10-17-5-8-27(14-17)16(2)19-12-20-21(24-13-19)6-7-26(3)23(20)28/h9,11-13,16-17H,5-8,10,14H2,1-4H3/t16?,17-/m1/s1. The van der Waals surface area contributed by atoms with Crippen LogP contribution in [0.5, 0.6) is 5.88 Å². The van der Waals surface area contributed by atoms with E-state index in [0.717, 1.165) is 55.0 Å². The van der Waals surface area contributed by atoms with Crippen LogP contribution in [-0.2, 0) is 12.8 Å². The molecule has 29 heavy (non-hydrogen) atoms. The summed E-state index contributed by atoms with van der Waals surface area (Å²) in [5.74, 6) is 1.40. The van der Waals surface area contributed by atoms with Crippen molar-refractivity contribution in [3.8, 4) is 5.88 Å². The normalized spacial score (nSPS) is 20.6. The Labute approximate surface area is 172 Å². The summed E-state index contributed by atoms with van der Waals surface area (Å²) in [6.45, 7) is 7.10. The van der Waals surface area contributed by atoms with E-state index in [1.807, 2.05) is 20.2 Å². The van der Waals surface area contributed by atoms with Crippen LogP contribution in [0.15, 0.2) is 24.4 Å². The minimum atomic E-state index is 0.0918. The molecule has 2 aromatic rings. The number of hydrogen-bond donors (Lipinski definition) is 0. The smallest absolute Gasteiger partial charge is 0.255 e. The van der Waals surface area contributed by atoms with Crippen LogP contribution in [0.25, 0.3) is 0 Å². The van der Waals surface area contributed by atoms with Gasteiger partial charge in [0.05, 0.1) is 18.4 Å². The van der Waals surface area contributed by atoms with Crippen molar-refractivity contribution in [2.24, 2.45) is 5.92 Å². The Morgan fingerprint density at radius 2 is 2.10 bits per heavy atom. The minimum Gasteiger partial charge on any atom is -0.481 e. The predicted octanol–water partition coefficient (Wildman–Crippen LogP) is 3.05. The zero-order valence-electron chi connectivity index (χ0n) is 17.8. The molecule has 0 bridgehead atoms. The summed E-state index contributed by atoms with van der Waals surface area (Å²) < 4.78 is 5.32. The van der Waals surface area contributed by atoms with E-state index in [9.17, 15) is 4.79 Å². The van der Waals surface area contributed by atoms with Crippen LogP contribution in [0.3, 0.4) is 0 Å². The van der Waals surface area contributed by atoms with E-state index >= 15 is 0 Å². The van der Waals surface area contributed by atoms with E-state index in [1.54, 1.807) is 12.0 Å². The highest BCUT2D eigenvalue weighted by Crippen LogP contribution is 2.31. The maximum atomic E-state index is 12.5. The van der Waals surface area contributed by atoms with Crippen molar-refractivity contribution in [2.75, 3.05) is 33.8 Å². The third kappa shape index (κ3) is 4.13. The van der Waals surface area contributed by atoms with Crippen molar-refractivity contribution in [3.05, 3.63) is 52.5 Å². The summed E-state index contributed by atoms with van der Waals surface area (Å²) in [5.41, 5.74) is 5.13. The highest BCUT2D eigenvalue weighted by Gasteiger charge is 2.29. The number of ether oxygens (including phenoxy) is 1. The molecule has 0 N–H and O–H groups in total. The molecule has 6 heteroatoms. The van der Waals surface area contributed by atoms with Crippen LogP contribution >= 0.6 is 0 Å². The van der Waals surface area contributed by atoms with Crippen molar-refractivity contribution in [2.45, 2.75) is 39.2 Å². The number of carbonyl (C=O) groups excluding carboxylic acids is 1. The molecule has 4 rings (SSSR count). The summed E-state index contributed by atoms with van der Waals surface area (Å²) in [6.07, 6.45) is 5.02. The molecule has 6 nitrogen and oxygen atoms in total. The molecule has 0 aromatic carbocycles. The number of carbonyl (C=O) groups is 1. The molecule has 154 valence electrons. The minimum absolute atomic E-state index is 0.0918. The first-order valence-corrected chi connectivity index (χ1v) is 10.4. The second-order valence-electron chi connectivity index (χ2n) is 8.43. The van der Waals surface area contributed by atoms with Gasteiger partial charge in [-0.1, -0.05) is 0 Å². The monoisotopic (exact) mass is 394 g/mol. The van der Waals surface area contributed by atoms with Crippen LogP contribution in [-0.4, -0.2) is 59.5 Å². The van der Waals surface area contributed by atoms with Gasteiger partial charge in [-0.15, -0.1) is 0 Å². The van der Waals surface area contributed by atoms with Crippen LogP contribution < -0.4 is 4.74 Å². The number of aromatic nitrogens is 2. The molecule has 2 aromatic heterocycles. The molecule has 1 fully saturated rings. The van der Waals surface area contributed by atoms with Gasteiger partial charge >= 0.3 is 0 Å². The Morgan fingerprint density at radius 1 is 1.28 bits per heavy atom. The van der Waals surface area contributed by atoms with Crippen molar-refractivity contribution in [3.63, 3.8) is 0 Å². The zero-order valence-corrected chi connectivity index (χ0v) is 17.8. The molecule has 1 amide bonds. The lowest BCUT2D eigenvalue weighted by Gasteiger charge is -2.28. The summed E-state index contributed by atoms with van der Waals surface area (Å²) in [6, 6.07) is 6.53. The van der Waals surface area contributed by atoms with E-state index in [4.69, 9.17) is 4.74 Å². The third-order valence-corrected chi connectivity index (χ3v) is 6.32. The predicted molar refractivity (Wildman–Crippen MR) is 112 cm³/mol. The third-order valence-electron chi connectivity index (χ3n) is 6.32. The fourth-order valence-corrected chi connectivity index (χ4v) is 4.56. The lowest BCUT2D eigenvalue weighted by Crippen LogP contribution is -2.35. The quantitative estimate of drug-likeness (QED) is 0.780. The van der Waals surface area contributed by atoms with E-state index < -0.39 is 0 Å². The van der Waals surface area contributed by atoms with E-state index in [0.29, 0.717) is 11.8 Å². The van der Waals surface area contributed by atoms with E-state index in [-0.39, 0.29) is 11.9 Å². The molecular weight excluding hydrogens is 364 g/mol. The Kier molecular flexibility index (Phi) is 5.54. The van der Waals surface area contributed by atoms with Gasteiger partial charge in [0.2, 0.25) is 5.88 Å². The van der Waals surface area contributed by atoms with Gasteiger partial charge in [-0.2, -0.15) is 0 Å². The second kappa shape index (κ2) is 8.11. The molecule has 1 saturated heterocycles. The number of fused-ring (bicyclic) bond motifs is 1. The molecule has 2 aliphatic heterocycles.